The van der Waals surface area contributed by atoms with Crippen molar-refractivity contribution in [2.75, 3.05) is 24.9 Å². The van der Waals surface area contributed by atoms with Crippen LogP contribution in [0.25, 0.3) is 10.9 Å². The van der Waals surface area contributed by atoms with Crippen LogP contribution >= 0.6 is 11.6 Å². The van der Waals surface area contributed by atoms with Gasteiger partial charge in [0.15, 0.2) is 17.3 Å². The number of rotatable bonds is 9. The standard InChI is InChI=1S/C18H20ClN5O4/c1-10(18(25)26)12-8-16(24-23-12)22-17-11-6-14(27-2)15(28-5-3-4-19)7-13(11)20-9-21-17/h6-10H,3-5H2,1-2H3,(H,25,26)(H2,20,21,22,23,24). The average molecular weight is 406 g/mol. The predicted molar refractivity (Wildman–Crippen MR) is 105 cm³/mol. The van der Waals surface area contributed by atoms with Crippen LogP contribution in [-0.2, 0) is 4.79 Å². The molecule has 148 valence electrons. The molecule has 0 aliphatic carbocycles. The summed E-state index contributed by atoms with van der Waals surface area (Å²) < 4.78 is 11.1. The number of methoxy groups -OCH3 is 1. The van der Waals surface area contributed by atoms with Crippen LogP contribution in [0.1, 0.15) is 25.0 Å². The molecule has 9 nitrogen and oxygen atoms in total. The number of aromatic nitrogens is 4. The number of hydrogen-bond donors (Lipinski definition) is 3. The molecule has 0 amide bonds. The lowest BCUT2D eigenvalue weighted by Gasteiger charge is -2.13. The van der Waals surface area contributed by atoms with Crippen molar-refractivity contribution in [3.05, 3.63) is 30.2 Å². The number of anilines is 2. The summed E-state index contributed by atoms with van der Waals surface area (Å²) in [5.41, 5.74) is 1.15. The number of aliphatic carboxylic acids is 1. The summed E-state index contributed by atoms with van der Waals surface area (Å²) in [5, 5.41) is 19.7. The summed E-state index contributed by atoms with van der Waals surface area (Å²) in [6.45, 7) is 2.05. The third-order valence-electron chi connectivity index (χ3n) is 4.14. The van der Waals surface area contributed by atoms with Crippen LogP contribution in [0, 0.1) is 0 Å². The number of carbonyl (C=O) groups is 1. The molecule has 10 heteroatoms. The Morgan fingerprint density at radius 2 is 2.14 bits per heavy atom. The van der Waals surface area contributed by atoms with Crippen LogP contribution in [-0.4, -0.2) is 50.8 Å². The molecule has 0 saturated heterocycles. The monoisotopic (exact) mass is 405 g/mol. The summed E-state index contributed by atoms with van der Waals surface area (Å²) in [7, 11) is 1.56. The third kappa shape index (κ3) is 4.25. The van der Waals surface area contributed by atoms with E-state index < -0.39 is 11.9 Å². The van der Waals surface area contributed by atoms with E-state index >= 15 is 0 Å². The molecule has 0 aliphatic rings. The predicted octanol–water partition coefficient (Wildman–Crippen LogP) is 3.30. The zero-order valence-corrected chi connectivity index (χ0v) is 16.2. The largest absolute Gasteiger partial charge is 0.493 e. The van der Waals surface area contributed by atoms with Gasteiger partial charge in [0.2, 0.25) is 0 Å². The SMILES string of the molecule is COc1cc2c(Nc3cc(C(C)C(=O)O)[nH]n3)ncnc2cc1OCCCCl. The molecule has 2 aromatic heterocycles. The van der Waals surface area contributed by atoms with Crippen molar-refractivity contribution >= 4 is 40.1 Å². The Hall–Kier alpha value is -3.07. The number of benzene rings is 1. The second kappa shape index (κ2) is 8.75. The normalized spacial score (nSPS) is 12.0. The second-order valence-corrected chi connectivity index (χ2v) is 6.40. The first-order chi connectivity index (χ1) is 13.5. The van der Waals surface area contributed by atoms with E-state index in [9.17, 15) is 4.79 Å². The fourth-order valence-electron chi connectivity index (χ4n) is 2.55. The minimum Gasteiger partial charge on any atom is -0.493 e. The van der Waals surface area contributed by atoms with Gasteiger partial charge in [0.25, 0.3) is 0 Å². The molecule has 0 saturated carbocycles. The maximum atomic E-state index is 11.1. The molecule has 3 aromatic rings. The first-order valence-corrected chi connectivity index (χ1v) is 9.13. The van der Waals surface area contributed by atoms with Crippen LogP contribution < -0.4 is 14.8 Å². The zero-order chi connectivity index (χ0) is 20.1. The van der Waals surface area contributed by atoms with Gasteiger partial charge in [0.05, 0.1) is 30.8 Å². The molecular weight excluding hydrogens is 386 g/mol. The first kappa shape index (κ1) is 19.7. The lowest BCUT2D eigenvalue weighted by atomic mass is 10.1. The van der Waals surface area contributed by atoms with Crippen molar-refractivity contribution in [1.82, 2.24) is 20.2 Å². The molecule has 0 fully saturated rings. The summed E-state index contributed by atoms with van der Waals surface area (Å²) in [4.78, 5) is 19.7. The van der Waals surface area contributed by atoms with Gasteiger partial charge in [-0.1, -0.05) is 0 Å². The second-order valence-electron chi connectivity index (χ2n) is 6.03. The highest BCUT2D eigenvalue weighted by atomic mass is 35.5. The summed E-state index contributed by atoms with van der Waals surface area (Å²) >= 11 is 5.69. The van der Waals surface area contributed by atoms with Crippen LogP contribution in [0.2, 0.25) is 0 Å². The number of halogens is 1. The smallest absolute Gasteiger partial charge is 0.312 e. The van der Waals surface area contributed by atoms with Gasteiger partial charge in [-0.05, 0) is 19.4 Å². The van der Waals surface area contributed by atoms with Crippen molar-refractivity contribution in [3.63, 3.8) is 0 Å². The van der Waals surface area contributed by atoms with E-state index in [1.54, 1.807) is 32.2 Å². The molecule has 0 aliphatic heterocycles. The van der Waals surface area contributed by atoms with Gasteiger partial charge in [-0.15, -0.1) is 11.6 Å². The number of ether oxygens (including phenoxy) is 2. The van der Waals surface area contributed by atoms with Gasteiger partial charge >= 0.3 is 5.97 Å². The number of fused-ring (bicyclic) bond motifs is 1. The number of hydrogen-bond acceptors (Lipinski definition) is 7. The van der Waals surface area contributed by atoms with Crippen LogP contribution in [0.4, 0.5) is 11.6 Å². The van der Waals surface area contributed by atoms with Crippen molar-refractivity contribution in [3.8, 4) is 11.5 Å². The molecule has 1 aromatic carbocycles. The van der Waals surface area contributed by atoms with E-state index in [0.717, 1.165) is 6.42 Å². The Kier molecular flexibility index (Phi) is 6.15. The Balaban J connectivity index is 1.90. The average Bonchev–Trinajstić information content (AvgIpc) is 3.15. The highest BCUT2D eigenvalue weighted by Crippen LogP contribution is 2.34. The van der Waals surface area contributed by atoms with Gasteiger partial charge in [-0.3, -0.25) is 9.89 Å². The van der Waals surface area contributed by atoms with Gasteiger partial charge in [-0.25, -0.2) is 9.97 Å². The van der Waals surface area contributed by atoms with Crippen LogP contribution in [0.5, 0.6) is 11.5 Å². The molecule has 0 radical (unpaired) electrons. The third-order valence-corrected chi connectivity index (χ3v) is 4.40. The number of nitrogens with zero attached hydrogens (tertiary/aromatic N) is 3. The Bertz CT molecular complexity index is 978. The Morgan fingerprint density at radius 1 is 1.32 bits per heavy atom. The number of alkyl halides is 1. The van der Waals surface area contributed by atoms with Crippen LogP contribution in [0.15, 0.2) is 24.5 Å². The van der Waals surface area contributed by atoms with Gasteiger partial charge < -0.3 is 19.9 Å². The van der Waals surface area contributed by atoms with Gasteiger partial charge in [0, 0.05) is 23.4 Å². The summed E-state index contributed by atoms with van der Waals surface area (Å²) in [5.74, 6) is 0.954. The van der Waals surface area contributed by atoms with E-state index in [1.807, 2.05) is 0 Å². The minimum absolute atomic E-state index is 0.449. The van der Waals surface area contributed by atoms with E-state index in [1.165, 1.54) is 6.33 Å². The maximum Gasteiger partial charge on any atom is 0.312 e. The first-order valence-electron chi connectivity index (χ1n) is 8.60. The number of carboxylic acids is 1. The van der Waals surface area contributed by atoms with Crippen molar-refractivity contribution in [2.45, 2.75) is 19.3 Å². The molecule has 0 bridgehead atoms. The topological polar surface area (TPSA) is 122 Å². The quantitative estimate of drug-likeness (QED) is 0.366. The highest BCUT2D eigenvalue weighted by Gasteiger charge is 2.17. The Labute approximate surface area is 166 Å². The fraction of sp³-hybridized carbons (Fsp3) is 0.333. The van der Waals surface area contributed by atoms with E-state index in [4.69, 9.17) is 26.2 Å². The molecule has 3 N–H and O–H groups in total. The lowest BCUT2D eigenvalue weighted by Crippen LogP contribution is -2.07. The molecule has 3 rings (SSSR count). The summed E-state index contributed by atoms with van der Waals surface area (Å²) in [6, 6.07) is 5.19. The van der Waals surface area contributed by atoms with Crippen molar-refractivity contribution in [2.24, 2.45) is 0 Å². The number of aromatic amines is 1. The van der Waals surface area contributed by atoms with Gasteiger partial charge in [-0.2, -0.15) is 5.10 Å². The molecule has 2 heterocycles. The number of carboxylic acid groups (broad SMARTS) is 1. The van der Waals surface area contributed by atoms with E-state index in [0.29, 0.717) is 52.2 Å². The highest BCUT2D eigenvalue weighted by molar-refractivity contribution is 6.17. The van der Waals surface area contributed by atoms with Crippen molar-refractivity contribution in [1.29, 1.82) is 0 Å². The summed E-state index contributed by atoms with van der Waals surface area (Å²) in [6.07, 6.45) is 2.14. The maximum absolute atomic E-state index is 11.1. The van der Waals surface area contributed by atoms with Crippen molar-refractivity contribution < 1.29 is 19.4 Å². The number of nitrogens with one attached hydrogen (secondary N) is 2. The molecular formula is C18H20ClN5O4. The van der Waals surface area contributed by atoms with E-state index in [2.05, 4.69) is 25.5 Å². The van der Waals surface area contributed by atoms with Crippen LogP contribution in [0.3, 0.4) is 0 Å². The molecule has 1 atom stereocenters. The molecule has 0 spiro atoms. The minimum atomic E-state index is -0.936. The lowest BCUT2D eigenvalue weighted by molar-refractivity contribution is -0.138. The molecule has 1 unspecified atom stereocenters. The van der Waals surface area contributed by atoms with E-state index in [-0.39, 0.29) is 0 Å². The zero-order valence-electron chi connectivity index (χ0n) is 15.4. The fourth-order valence-corrected chi connectivity index (χ4v) is 2.66. The molecule has 28 heavy (non-hydrogen) atoms. The van der Waals surface area contributed by atoms with Gasteiger partial charge in [0.1, 0.15) is 12.1 Å². The Morgan fingerprint density at radius 3 is 2.86 bits per heavy atom. The number of H-pyrrole nitrogens is 1.